The number of aryl methyl sites for hydroxylation is 1. The number of nitrogens with zero attached hydrogens (tertiary/aromatic N) is 4. The Kier molecular flexibility index (Phi) is 4.48. The van der Waals surface area contributed by atoms with E-state index in [1.165, 1.54) is 5.56 Å². The summed E-state index contributed by atoms with van der Waals surface area (Å²) < 4.78 is 1.97. The van der Waals surface area contributed by atoms with Crippen LogP contribution in [-0.4, -0.2) is 44.7 Å². The van der Waals surface area contributed by atoms with E-state index in [9.17, 15) is 4.79 Å². The van der Waals surface area contributed by atoms with Gasteiger partial charge in [-0.3, -0.25) is 19.4 Å². The topological polar surface area (TPSA) is 63.1 Å². The van der Waals surface area contributed by atoms with Gasteiger partial charge in [-0.15, -0.1) is 0 Å². The predicted molar refractivity (Wildman–Crippen MR) is 84.4 cm³/mol. The predicted octanol–water partition coefficient (Wildman–Crippen LogP) is 1.69. The van der Waals surface area contributed by atoms with Crippen LogP contribution in [0.4, 0.5) is 5.69 Å². The van der Waals surface area contributed by atoms with Crippen LogP contribution in [0.5, 0.6) is 0 Å². The molecule has 1 saturated heterocycles. The van der Waals surface area contributed by atoms with Crippen molar-refractivity contribution in [1.82, 2.24) is 19.7 Å². The van der Waals surface area contributed by atoms with Crippen molar-refractivity contribution in [3.63, 3.8) is 0 Å². The van der Waals surface area contributed by atoms with Crippen LogP contribution >= 0.6 is 0 Å². The minimum atomic E-state index is 0.0107. The number of rotatable bonds is 5. The van der Waals surface area contributed by atoms with Crippen LogP contribution in [0.25, 0.3) is 0 Å². The van der Waals surface area contributed by atoms with Gasteiger partial charge in [0.25, 0.3) is 0 Å². The van der Waals surface area contributed by atoms with Crippen molar-refractivity contribution >= 4 is 11.6 Å². The molecular weight excluding hydrogens is 278 g/mol. The van der Waals surface area contributed by atoms with Crippen LogP contribution < -0.4 is 5.32 Å². The van der Waals surface area contributed by atoms with E-state index in [2.05, 4.69) is 20.3 Å². The third-order valence-corrected chi connectivity index (χ3v) is 3.95. The number of likely N-dealkylation sites (tertiary alicyclic amines) is 1. The maximum atomic E-state index is 12.2. The smallest absolute Gasteiger partial charge is 0.238 e. The first-order chi connectivity index (χ1) is 10.7. The quantitative estimate of drug-likeness (QED) is 0.912. The summed E-state index contributed by atoms with van der Waals surface area (Å²) >= 11 is 0. The number of nitrogens with one attached hydrogen (secondary N) is 1. The van der Waals surface area contributed by atoms with E-state index in [0.29, 0.717) is 12.6 Å². The van der Waals surface area contributed by atoms with Crippen molar-refractivity contribution in [2.24, 2.45) is 0 Å². The van der Waals surface area contributed by atoms with Gasteiger partial charge in [0, 0.05) is 18.4 Å². The maximum absolute atomic E-state index is 12.2. The molecule has 1 aliphatic heterocycles. The average Bonchev–Trinajstić information content (AvgIpc) is 3.10. The molecule has 1 aliphatic rings. The lowest BCUT2D eigenvalue weighted by atomic mass is 10.2. The Labute approximate surface area is 130 Å². The number of carbonyl (C=O) groups excluding carboxylic acids is 1. The van der Waals surface area contributed by atoms with E-state index in [1.54, 1.807) is 12.4 Å². The van der Waals surface area contributed by atoms with Crippen LogP contribution in [-0.2, 0) is 11.3 Å². The highest BCUT2D eigenvalue weighted by Crippen LogP contribution is 2.18. The van der Waals surface area contributed by atoms with E-state index in [1.807, 2.05) is 36.1 Å². The lowest BCUT2D eigenvalue weighted by molar-refractivity contribution is -0.117. The van der Waals surface area contributed by atoms with Gasteiger partial charge in [-0.05, 0) is 44.0 Å². The van der Waals surface area contributed by atoms with Crippen LogP contribution in [0.1, 0.15) is 18.4 Å². The van der Waals surface area contributed by atoms with Crippen molar-refractivity contribution in [1.29, 1.82) is 0 Å². The molecule has 116 valence electrons. The van der Waals surface area contributed by atoms with Gasteiger partial charge >= 0.3 is 0 Å². The summed E-state index contributed by atoms with van der Waals surface area (Å²) in [4.78, 5) is 18.4. The van der Waals surface area contributed by atoms with E-state index in [4.69, 9.17) is 0 Å². The molecule has 2 aromatic rings. The molecule has 1 atom stereocenters. The Bertz CT molecular complexity index is 624. The molecule has 6 heteroatoms. The Morgan fingerprint density at radius 3 is 3.09 bits per heavy atom. The summed E-state index contributed by atoms with van der Waals surface area (Å²) in [6, 6.07) is 4.03. The lowest BCUT2D eigenvalue weighted by Gasteiger charge is -2.23. The second kappa shape index (κ2) is 6.70. The van der Waals surface area contributed by atoms with Crippen molar-refractivity contribution < 1.29 is 4.79 Å². The van der Waals surface area contributed by atoms with Crippen molar-refractivity contribution in [2.45, 2.75) is 32.4 Å². The van der Waals surface area contributed by atoms with Gasteiger partial charge in [0.15, 0.2) is 0 Å². The minimum Gasteiger partial charge on any atom is -0.324 e. The van der Waals surface area contributed by atoms with Crippen LogP contribution in [0.2, 0.25) is 0 Å². The van der Waals surface area contributed by atoms with E-state index in [0.717, 1.165) is 31.6 Å². The Morgan fingerprint density at radius 1 is 1.45 bits per heavy atom. The fourth-order valence-electron chi connectivity index (χ4n) is 2.91. The highest BCUT2D eigenvalue weighted by molar-refractivity contribution is 5.92. The zero-order valence-corrected chi connectivity index (χ0v) is 12.8. The van der Waals surface area contributed by atoms with E-state index < -0.39 is 0 Å². The molecule has 2 aromatic heterocycles. The SMILES string of the molecule is Cc1cnn(CC2CCCN2CC(=O)Nc2cccnc2)c1. The molecule has 0 spiro atoms. The van der Waals surface area contributed by atoms with E-state index in [-0.39, 0.29) is 5.91 Å². The molecule has 22 heavy (non-hydrogen) atoms. The first-order valence-corrected chi connectivity index (χ1v) is 7.64. The molecule has 0 aliphatic carbocycles. The molecule has 0 saturated carbocycles. The standard InChI is InChI=1S/C16H21N5O/c1-13-8-18-21(10-13)11-15-5-3-7-20(15)12-16(22)19-14-4-2-6-17-9-14/h2,4,6,8-10,15H,3,5,7,11-12H2,1H3,(H,19,22). The molecule has 0 aromatic carbocycles. The lowest BCUT2D eigenvalue weighted by Crippen LogP contribution is -2.39. The zero-order valence-electron chi connectivity index (χ0n) is 12.8. The molecule has 1 amide bonds. The third-order valence-electron chi connectivity index (χ3n) is 3.95. The molecule has 0 bridgehead atoms. The number of carbonyl (C=O) groups is 1. The van der Waals surface area contributed by atoms with Gasteiger partial charge in [-0.2, -0.15) is 5.10 Å². The third kappa shape index (κ3) is 3.71. The van der Waals surface area contributed by atoms with Gasteiger partial charge in [-0.1, -0.05) is 0 Å². The summed E-state index contributed by atoms with van der Waals surface area (Å²) in [5, 5.41) is 7.23. The Balaban J connectivity index is 1.55. The number of hydrogen-bond donors (Lipinski definition) is 1. The van der Waals surface area contributed by atoms with Crippen molar-refractivity contribution in [3.8, 4) is 0 Å². The second-order valence-corrected chi connectivity index (χ2v) is 5.80. The second-order valence-electron chi connectivity index (χ2n) is 5.80. The fourth-order valence-corrected chi connectivity index (χ4v) is 2.91. The maximum Gasteiger partial charge on any atom is 0.238 e. The van der Waals surface area contributed by atoms with Crippen LogP contribution in [0.15, 0.2) is 36.9 Å². The molecule has 1 N–H and O–H groups in total. The minimum absolute atomic E-state index is 0.0107. The van der Waals surface area contributed by atoms with Gasteiger partial charge in [-0.25, -0.2) is 0 Å². The monoisotopic (exact) mass is 299 g/mol. The molecule has 6 nitrogen and oxygen atoms in total. The summed E-state index contributed by atoms with van der Waals surface area (Å²) in [6.45, 7) is 4.26. The van der Waals surface area contributed by atoms with Gasteiger partial charge in [0.2, 0.25) is 5.91 Å². The largest absolute Gasteiger partial charge is 0.324 e. The van der Waals surface area contributed by atoms with Crippen molar-refractivity contribution in [2.75, 3.05) is 18.4 Å². The first-order valence-electron chi connectivity index (χ1n) is 7.64. The number of anilines is 1. The van der Waals surface area contributed by atoms with Crippen LogP contribution in [0.3, 0.4) is 0 Å². The number of pyridine rings is 1. The Morgan fingerprint density at radius 2 is 2.36 bits per heavy atom. The highest BCUT2D eigenvalue weighted by Gasteiger charge is 2.26. The zero-order chi connectivity index (χ0) is 15.4. The van der Waals surface area contributed by atoms with E-state index >= 15 is 0 Å². The highest BCUT2D eigenvalue weighted by atomic mass is 16.2. The molecule has 3 rings (SSSR count). The number of hydrogen-bond acceptors (Lipinski definition) is 4. The summed E-state index contributed by atoms with van der Waals surface area (Å²) in [7, 11) is 0. The summed E-state index contributed by atoms with van der Waals surface area (Å²) in [6.07, 6.45) is 9.51. The number of aromatic nitrogens is 3. The molecule has 1 unspecified atom stereocenters. The van der Waals surface area contributed by atoms with Gasteiger partial charge < -0.3 is 5.32 Å². The normalized spacial score (nSPS) is 18.5. The fraction of sp³-hybridized carbons (Fsp3) is 0.438. The summed E-state index contributed by atoms with van der Waals surface area (Å²) in [5.74, 6) is 0.0107. The molecule has 0 radical (unpaired) electrons. The molecule has 1 fully saturated rings. The van der Waals surface area contributed by atoms with Gasteiger partial charge in [0.05, 0.1) is 31.2 Å². The molecule has 3 heterocycles. The van der Waals surface area contributed by atoms with Crippen LogP contribution in [0, 0.1) is 6.92 Å². The molecular formula is C16H21N5O. The first kappa shape index (κ1) is 14.7. The Hall–Kier alpha value is -2.21. The van der Waals surface area contributed by atoms with Crippen molar-refractivity contribution in [3.05, 3.63) is 42.5 Å². The average molecular weight is 299 g/mol. The summed E-state index contributed by atoms with van der Waals surface area (Å²) in [5.41, 5.74) is 1.91. The van der Waals surface area contributed by atoms with Gasteiger partial charge in [0.1, 0.15) is 0 Å². The number of amides is 1.